The van der Waals surface area contributed by atoms with E-state index in [1.807, 2.05) is 20.8 Å². The van der Waals surface area contributed by atoms with Crippen molar-refractivity contribution in [2.24, 2.45) is 11.8 Å². The Morgan fingerprint density at radius 2 is 2.06 bits per heavy atom. The van der Waals surface area contributed by atoms with Crippen LogP contribution >= 0.6 is 0 Å². The molecule has 0 spiro atoms. The first kappa shape index (κ1) is 13.8. The summed E-state index contributed by atoms with van der Waals surface area (Å²) in [6, 6.07) is 0. The Bertz CT molecular complexity index is 341. The number of hydrogen-bond donors (Lipinski definition) is 0. The van der Waals surface area contributed by atoms with Gasteiger partial charge in [-0.3, -0.25) is 4.79 Å². The standard InChI is InChI=1S/C15H22O2/c1-6-7-12-8-9-13(11(12)2)10-14(16)17-15(3,4)5/h1,12-13H,2,7-10H2,3-5H3/t12?,13-/m0/s1. The smallest absolute Gasteiger partial charge is 0.306 e. The van der Waals surface area contributed by atoms with Crippen molar-refractivity contribution in [3.05, 3.63) is 12.2 Å². The van der Waals surface area contributed by atoms with Gasteiger partial charge in [0.1, 0.15) is 5.60 Å². The summed E-state index contributed by atoms with van der Waals surface area (Å²) in [5.41, 5.74) is 0.726. The van der Waals surface area contributed by atoms with Gasteiger partial charge in [-0.05, 0) is 45.4 Å². The largest absolute Gasteiger partial charge is 0.460 e. The fourth-order valence-electron chi connectivity index (χ4n) is 2.30. The zero-order valence-electron chi connectivity index (χ0n) is 11.1. The molecule has 2 atom stereocenters. The summed E-state index contributed by atoms with van der Waals surface area (Å²) in [5, 5.41) is 0. The van der Waals surface area contributed by atoms with Gasteiger partial charge in [0.15, 0.2) is 0 Å². The minimum Gasteiger partial charge on any atom is -0.460 e. The van der Waals surface area contributed by atoms with Crippen LogP contribution in [0.2, 0.25) is 0 Å². The second-order valence-electron chi connectivity index (χ2n) is 5.74. The lowest BCUT2D eigenvalue weighted by molar-refractivity contribution is -0.155. The third kappa shape index (κ3) is 4.26. The van der Waals surface area contributed by atoms with Crippen molar-refractivity contribution in [3.8, 4) is 12.3 Å². The van der Waals surface area contributed by atoms with E-state index >= 15 is 0 Å². The molecule has 17 heavy (non-hydrogen) atoms. The molecular weight excluding hydrogens is 212 g/mol. The van der Waals surface area contributed by atoms with Gasteiger partial charge in [-0.2, -0.15) is 0 Å². The van der Waals surface area contributed by atoms with E-state index in [-0.39, 0.29) is 11.9 Å². The summed E-state index contributed by atoms with van der Waals surface area (Å²) in [7, 11) is 0. The van der Waals surface area contributed by atoms with Crippen LogP contribution in [0.1, 0.15) is 46.5 Å². The third-order valence-electron chi connectivity index (χ3n) is 3.11. The molecule has 1 saturated carbocycles. The van der Waals surface area contributed by atoms with E-state index in [0.717, 1.165) is 24.8 Å². The Kier molecular flexibility index (Phi) is 4.40. The van der Waals surface area contributed by atoms with E-state index in [2.05, 4.69) is 12.5 Å². The summed E-state index contributed by atoms with van der Waals surface area (Å²) in [6.45, 7) is 9.74. The second-order valence-corrected chi connectivity index (χ2v) is 5.74. The van der Waals surface area contributed by atoms with Crippen LogP contribution in [0.4, 0.5) is 0 Å². The van der Waals surface area contributed by atoms with Crippen molar-refractivity contribution < 1.29 is 9.53 Å². The highest BCUT2D eigenvalue weighted by atomic mass is 16.6. The average Bonchev–Trinajstić information content (AvgIpc) is 2.47. The highest BCUT2D eigenvalue weighted by Gasteiger charge is 2.31. The molecule has 0 saturated heterocycles. The molecule has 0 heterocycles. The van der Waals surface area contributed by atoms with Crippen molar-refractivity contribution in [2.75, 3.05) is 0 Å². The number of ether oxygens (including phenoxy) is 1. The first-order valence-electron chi connectivity index (χ1n) is 6.17. The molecule has 1 fully saturated rings. The topological polar surface area (TPSA) is 26.3 Å². The molecule has 0 N–H and O–H groups in total. The normalized spacial score (nSPS) is 24.5. The van der Waals surface area contributed by atoms with E-state index in [1.54, 1.807) is 0 Å². The lowest BCUT2D eigenvalue weighted by atomic mass is 9.94. The lowest BCUT2D eigenvalue weighted by Gasteiger charge is -2.21. The molecule has 0 aromatic heterocycles. The quantitative estimate of drug-likeness (QED) is 0.425. The number of carbonyl (C=O) groups excluding carboxylic acids is 1. The first-order valence-corrected chi connectivity index (χ1v) is 6.17. The lowest BCUT2D eigenvalue weighted by Crippen LogP contribution is -2.25. The van der Waals surface area contributed by atoms with Gasteiger partial charge in [0, 0.05) is 6.42 Å². The number of rotatable bonds is 3. The summed E-state index contributed by atoms with van der Waals surface area (Å²) in [6.07, 6.45) is 8.56. The molecule has 0 bridgehead atoms. The van der Waals surface area contributed by atoms with Gasteiger partial charge in [-0.15, -0.1) is 12.3 Å². The number of terminal acetylenes is 1. The van der Waals surface area contributed by atoms with Crippen LogP contribution in [0.25, 0.3) is 0 Å². The summed E-state index contributed by atoms with van der Waals surface area (Å²) in [4.78, 5) is 11.7. The second kappa shape index (κ2) is 5.40. The van der Waals surface area contributed by atoms with Crippen LogP contribution in [0.3, 0.4) is 0 Å². The fourth-order valence-corrected chi connectivity index (χ4v) is 2.30. The summed E-state index contributed by atoms with van der Waals surface area (Å²) >= 11 is 0. The molecule has 0 radical (unpaired) electrons. The van der Waals surface area contributed by atoms with Crippen LogP contribution in [-0.2, 0) is 9.53 Å². The van der Waals surface area contributed by atoms with Crippen molar-refractivity contribution in [1.29, 1.82) is 0 Å². The SMILES string of the molecule is C#CCC1CC[C@@H](CC(=O)OC(C)(C)C)C1=C. The van der Waals surface area contributed by atoms with Crippen LogP contribution < -0.4 is 0 Å². The Balaban J connectivity index is 2.47. The van der Waals surface area contributed by atoms with Gasteiger partial charge < -0.3 is 4.74 Å². The predicted octanol–water partition coefficient (Wildman–Crippen LogP) is 3.32. The highest BCUT2D eigenvalue weighted by molar-refractivity contribution is 5.70. The zero-order chi connectivity index (χ0) is 13.1. The molecule has 0 aromatic rings. The Morgan fingerprint density at radius 3 is 2.59 bits per heavy atom. The molecule has 2 nitrogen and oxygen atoms in total. The maximum atomic E-state index is 11.7. The van der Waals surface area contributed by atoms with Crippen LogP contribution in [0.5, 0.6) is 0 Å². The number of hydrogen-bond acceptors (Lipinski definition) is 2. The third-order valence-corrected chi connectivity index (χ3v) is 3.11. The Hall–Kier alpha value is -1.23. The minimum atomic E-state index is -0.408. The molecule has 1 aliphatic carbocycles. The van der Waals surface area contributed by atoms with Gasteiger partial charge >= 0.3 is 5.97 Å². The van der Waals surface area contributed by atoms with E-state index < -0.39 is 5.60 Å². The van der Waals surface area contributed by atoms with Crippen molar-refractivity contribution in [3.63, 3.8) is 0 Å². The molecular formula is C15H22O2. The molecule has 0 aliphatic heterocycles. The monoisotopic (exact) mass is 234 g/mol. The van der Waals surface area contributed by atoms with E-state index in [9.17, 15) is 4.79 Å². The molecule has 94 valence electrons. The molecule has 2 heteroatoms. The minimum absolute atomic E-state index is 0.134. The Labute approximate surface area is 104 Å². The molecule has 1 aliphatic rings. The van der Waals surface area contributed by atoms with Crippen LogP contribution in [-0.4, -0.2) is 11.6 Å². The first-order chi connectivity index (χ1) is 7.83. The number of carbonyl (C=O) groups is 1. The molecule has 0 aromatic carbocycles. The van der Waals surface area contributed by atoms with E-state index in [0.29, 0.717) is 12.3 Å². The molecule has 1 unspecified atom stereocenters. The van der Waals surface area contributed by atoms with Crippen LogP contribution in [0, 0.1) is 24.2 Å². The Morgan fingerprint density at radius 1 is 1.47 bits per heavy atom. The molecule has 1 rings (SSSR count). The maximum absolute atomic E-state index is 11.7. The fraction of sp³-hybridized carbons (Fsp3) is 0.667. The van der Waals surface area contributed by atoms with Crippen LogP contribution in [0.15, 0.2) is 12.2 Å². The van der Waals surface area contributed by atoms with E-state index in [1.165, 1.54) is 0 Å². The average molecular weight is 234 g/mol. The number of esters is 1. The highest BCUT2D eigenvalue weighted by Crippen LogP contribution is 2.39. The zero-order valence-corrected chi connectivity index (χ0v) is 11.1. The van der Waals surface area contributed by atoms with Crippen molar-refractivity contribution in [1.82, 2.24) is 0 Å². The van der Waals surface area contributed by atoms with E-state index in [4.69, 9.17) is 11.2 Å². The number of allylic oxidation sites excluding steroid dienone is 1. The van der Waals surface area contributed by atoms with Gasteiger partial charge in [0.2, 0.25) is 0 Å². The van der Waals surface area contributed by atoms with Crippen molar-refractivity contribution >= 4 is 5.97 Å². The van der Waals surface area contributed by atoms with Gasteiger partial charge in [0.05, 0.1) is 6.42 Å². The van der Waals surface area contributed by atoms with Gasteiger partial charge in [0.25, 0.3) is 0 Å². The van der Waals surface area contributed by atoms with Gasteiger partial charge in [-0.25, -0.2) is 0 Å². The summed E-state index contributed by atoms with van der Waals surface area (Å²) in [5.74, 6) is 3.19. The predicted molar refractivity (Wildman–Crippen MR) is 69.3 cm³/mol. The maximum Gasteiger partial charge on any atom is 0.306 e. The van der Waals surface area contributed by atoms with Gasteiger partial charge in [-0.1, -0.05) is 12.2 Å². The summed E-state index contributed by atoms with van der Waals surface area (Å²) < 4.78 is 5.32. The molecule has 0 amide bonds. The van der Waals surface area contributed by atoms with Crippen molar-refractivity contribution in [2.45, 2.75) is 52.1 Å².